The number of ether oxygens (including phenoxy) is 2. The smallest absolute Gasteiger partial charge is 0.410 e. The lowest BCUT2D eigenvalue weighted by molar-refractivity contribution is 0.0166. The number of likely N-dealkylation sites (tertiary alicyclic amines) is 1. The van der Waals surface area contributed by atoms with Gasteiger partial charge in [0.25, 0.3) is 0 Å². The Hall–Kier alpha value is -1.49. The molecule has 1 amide bonds. The lowest BCUT2D eigenvalue weighted by atomic mass is 9.92. The maximum Gasteiger partial charge on any atom is 0.410 e. The van der Waals surface area contributed by atoms with E-state index in [1.807, 2.05) is 44.7 Å². The summed E-state index contributed by atoms with van der Waals surface area (Å²) >= 11 is 0. The molecule has 2 rings (SSSR count). The summed E-state index contributed by atoms with van der Waals surface area (Å²) in [4.78, 5) is 13.9. The van der Waals surface area contributed by atoms with E-state index in [1.54, 1.807) is 6.26 Å². The van der Waals surface area contributed by atoms with Crippen LogP contribution in [-0.2, 0) is 9.47 Å². The van der Waals surface area contributed by atoms with Crippen LogP contribution in [-0.4, -0.2) is 36.3 Å². The average Bonchev–Trinajstić information content (AvgIpc) is 3.04. The highest BCUT2D eigenvalue weighted by Gasteiger charge is 2.26. The van der Waals surface area contributed by atoms with Crippen LogP contribution in [0.1, 0.15) is 65.2 Å². The van der Waals surface area contributed by atoms with Gasteiger partial charge in [-0.1, -0.05) is 0 Å². The molecule has 5 heteroatoms. The maximum absolute atomic E-state index is 12.0. The van der Waals surface area contributed by atoms with E-state index in [9.17, 15) is 4.79 Å². The van der Waals surface area contributed by atoms with Crippen molar-refractivity contribution in [1.29, 1.82) is 0 Å². The van der Waals surface area contributed by atoms with Gasteiger partial charge in [0.15, 0.2) is 0 Å². The van der Waals surface area contributed by atoms with Gasteiger partial charge in [-0.05, 0) is 71.4 Å². The van der Waals surface area contributed by atoms with Crippen molar-refractivity contribution in [2.45, 2.75) is 65.1 Å². The van der Waals surface area contributed by atoms with Crippen LogP contribution in [0.5, 0.6) is 0 Å². The van der Waals surface area contributed by atoms with Crippen LogP contribution in [0.4, 0.5) is 4.79 Å². The van der Waals surface area contributed by atoms with Gasteiger partial charge >= 0.3 is 6.09 Å². The van der Waals surface area contributed by atoms with Crippen LogP contribution >= 0.6 is 0 Å². The number of furan rings is 1. The molecule has 0 spiro atoms. The van der Waals surface area contributed by atoms with Crippen molar-refractivity contribution in [3.8, 4) is 0 Å². The molecule has 1 aromatic rings. The quantitative estimate of drug-likeness (QED) is 0.701. The topological polar surface area (TPSA) is 51.9 Å². The van der Waals surface area contributed by atoms with Crippen LogP contribution in [0.15, 0.2) is 22.8 Å². The molecule has 1 aromatic heterocycles. The average molecular weight is 337 g/mol. The number of hydrogen-bond donors (Lipinski definition) is 0. The fourth-order valence-electron chi connectivity index (χ4n) is 2.97. The Labute approximate surface area is 145 Å². The van der Waals surface area contributed by atoms with E-state index in [4.69, 9.17) is 13.9 Å². The van der Waals surface area contributed by atoms with Gasteiger partial charge in [0, 0.05) is 19.7 Å². The van der Waals surface area contributed by atoms with Gasteiger partial charge in [0.2, 0.25) is 0 Å². The summed E-state index contributed by atoms with van der Waals surface area (Å²) in [6, 6.07) is 3.82. The maximum atomic E-state index is 12.0. The molecule has 24 heavy (non-hydrogen) atoms. The fraction of sp³-hybridized carbons (Fsp3) is 0.737. The molecule has 2 heterocycles. The molecule has 0 radical (unpaired) electrons. The molecule has 0 saturated carbocycles. The number of amides is 1. The van der Waals surface area contributed by atoms with Crippen molar-refractivity contribution in [2.24, 2.45) is 5.92 Å². The van der Waals surface area contributed by atoms with Gasteiger partial charge in [-0.2, -0.15) is 0 Å². The summed E-state index contributed by atoms with van der Waals surface area (Å²) in [7, 11) is 0. The van der Waals surface area contributed by atoms with Gasteiger partial charge in [0.1, 0.15) is 17.5 Å². The summed E-state index contributed by atoms with van der Waals surface area (Å²) in [6.07, 6.45) is 5.79. The van der Waals surface area contributed by atoms with Crippen molar-refractivity contribution in [2.75, 3.05) is 19.7 Å². The van der Waals surface area contributed by atoms with Crippen LogP contribution in [0.25, 0.3) is 0 Å². The van der Waals surface area contributed by atoms with Crippen LogP contribution in [0.3, 0.4) is 0 Å². The first-order valence-electron chi connectivity index (χ1n) is 8.98. The normalized spacial score (nSPS) is 17.8. The monoisotopic (exact) mass is 337 g/mol. The minimum atomic E-state index is -0.421. The van der Waals surface area contributed by atoms with Gasteiger partial charge < -0.3 is 18.8 Å². The third-order valence-corrected chi connectivity index (χ3v) is 4.33. The van der Waals surface area contributed by atoms with E-state index in [0.29, 0.717) is 5.92 Å². The van der Waals surface area contributed by atoms with Gasteiger partial charge in [-0.15, -0.1) is 0 Å². The second kappa shape index (κ2) is 8.56. The largest absolute Gasteiger partial charge is 0.467 e. The van der Waals surface area contributed by atoms with E-state index in [-0.39, 0.29) is 12.2 Å². The Morgan fingerprint density at radius 3 is 2.67 bits per heavy atom. The molecule has 1 unspecified atom stereocenters. The number of carbonyl (C=O) groups is 1. The predicted octanol–water partition coefficient (Wildman–Crippen LogP) is 4.78. The van der Waals surface area contributed by atoms with Gasteiger partial charge in [0.05, 0.1) is 6.26 Å². The second-order valence-corrected chi connectivity index (χ2v) is 7.58. The van der Waals surface area contributed by atoms with Crippen LogP contribution in [0.2, 0.25) is 0 Å². The molecule has 1 aliphatic heterocycles. The number of hydrogen-bond acceptors (Lipinski definition) is 4. The molecular formula is C19H31NO4. The Kier molecular flexibility index (Phi) is 6.72. The lowest BCUT2D eigenvalue weighted by Gasteiger charge is -2.33. The lowest BCUT2D eigenvalue weighted by Crippen LogP contribution is -2.41. The number of carbonyl (C=O) groups excluding carboxylic acids is 1. The van der Waals surface area contributed by atoms with Crippen LogP contribution < -0.4 is 0 Å². The molecule has 1 atom stereocenters. The summed E-state index contributed by atoms with van der Waals surface area (Å²) in [5.74, 6) is 1.55. The summed E-state index contributed by atoms with van der Waals surface area (Å²) < 4.78 is 16.6. The number of nitrogens with zero attached hydrogens (tertiary/aromatic N) is 1. The Morgan fingerprint density at radius 1 is 1.38 bits per heavy atom. The molecule has 0 bridgehead atoms. The highest BCUT2D eigenvalue weighted by molar-refractivity contribution is 5.68. The van der Waals surface area contributed by atoms with Gasteiger partial charge in [-0.25, -0.2) is 4.79 Å². The first kappa shape index (κ1) is 18.8. The third kappa shape index (κ3) is 6.19. The molecule has 0 aliphatic carbocycles. The molecule has 136 valence electrons. The molecule has 1 saturated heterocycles. The standard InChI is InChI=1S/C19H31NO4/c1-15(17-8-6-14-23-17)22-13-5-7-16-9-11-20(12-10-16)18(21)24-19(2,3)4/h6,8,14-16H,5,7,9-13H2,1-4H3. The Balaban J connectivity index is 1.59. The van der Waals surface area contributed by atoms with E-state index in [1.165, 1.54) is 0 Å². The molecule has 0 aromatic carbocycles. The minimum absolute atomic E-state index is 0.00835. The Bertz CT molecular complexity index is 484. The number of rotatable bonds is 6. The zero-order valence-electron chi connectivity index (χ0n) is 15.4. The van der Waals surface area contributed by atoms with E-state index >= 15 is 0 Å². The third-order valence-electron chi connectivity index (χ3n) is 4.33. The van der Waals surface area contributed by atoms with Crippen molar-refractivity contribution in [3.05, 3.63) is 24.2 Å². The van der Waals surface area contributed by atoms with E-state index in [2.05, 4.69) is 0 Å². The highest BCUT2D eigenvalue weighted by Crippen LogP contribution is 2.24. The van der Waals surface area contributed by atoms with Crippen molar-refractivity contribution in [3.63, 3.8) is 0 Å². The van der Waals surface area contributed by atoms with Crippen molar-refractivity contribution >= 4 is 6.09 Å². The first-order chi connectivity index (χ1) is 11.3. The second-order valence-electron chi connectivity index (χ2n) is 7.58. The molecule has 5 nitrogen and oxygen atoms in total. The molecule has 0 N–H and O–H groups in total. The summed E-state index contributed by atoms with van der Waals surface area (Å²) in [6.45, 7) is 10.1. The van der Waals surface area contributed by atoms with Crippen LogP contribution in [0, 0.1) is 5.92 Å². The summed E-state index contributed by atoms with van der Waals surface area (Å²) in [5.41, 5.74) is -0.421. The SMILES string of the molecule is CC(OCCCC1CCN(C(=O)OC(C)(C)C)CC1)c1ccco1. The van der Waals surface area contributed by atoms with Crippen molar-refractivity contribution in [1.82, 2.24) is 4.90 Å². The molecule has 1 fully saturated rings. The predicted molar refractivity (Wildman–Crippen MR) is 92.8 cm³/mol. The highest BCUT2D eigenvalue weighted by atomic mass is 16.6. The Morgan fingerprint density at radius 2 is 2.08 bits per heavy atom. The van der Waals surface area contributed by atoms with E-state index < -0.39 is 5.60 Å². The van der Waals surface area contributed by atoms with Crippen molar-refractivity contribution < 1.29 is 18.7 Å². The van der Waals surface area contributed by atoms with Gasteiger partial charge in [-0.3, -0.25) is 0 Å². The number of piperidine rings is 1. The van der Waals surface area contributed by atoms with E-state index in [0.717, 1.165) is 51.1 Å². The fourth-order valence-corrected chi connectivity index (χ4v) is 2.97. The zero-order chi connectivity index (χ0) is 17.6. The zero-order valence-corrected chi connectivity index (χ0v) is 15.4. The first-order valence-corrected chi connectivity index (χ1v) is 8.98. The minimum Gasteiger partial charge on any atom is -0.467 e. The summed E-state index contributed by atoms with van der Waals surface area (Å²) in [5, 5.41) is 0. The molecule has 1 aliphatic rings. The molecular weight excluding hydrogens is 306 g/mol.